The van der Waals surface area contributed by atoms with Crippen LogP contribution in [0.25, 0.3) is 0 Å². The van der Waals surface area contributed by atoms with E-state index in [0.29, 0.717) is 16.8 Å². The highest BCUT2D eigenvalue weighted by Crippen LogP contribution is 2.13. The third-order valence-corrected chi connectivity index (χ3v) is 2.61. The summed E-state index contributed by atoms with van der Waals surface area (Å²) < 4.78 is 13.2. The lowest BCUT2D eigenvalue weighted by Crippen LogP contribution is -2.12. The minimum atomic E-state index is -0.443. The van der Waals surface area contributed by atoms with Crippen LogP contribution < -0.4 is 5.32 Å². The Hall–Kier alpha value is -2.49. The molecule has 2 aromatic carbocycles. The molecule has 0 unspecified atom stereocenters. The van der Waals surface area contributed by atoms with Gasteiger partial charge >= 0.3 is 0 Å². The van der Waals surface area contributed by atoms with Gasteiger partial charge in [-0.05, 0) is 55.0 Å². The van der Waals surface area contributed by atoms with Crippen molar-refractivity contribution in [2.45, 2.75) is 6.92 Å². The molecule has 0 saturated carbocycles. The number of benzene rings is 2. The minimum absolute atomic E-state index is 0.261. The first-order valence-electron chi connectivity index (χ1n) is 5.72. The summed E-state index contributed by atoms with van der Waals surface area (Å²) in [5.74, 6) is -0.831. The van der Waals surface area contributed by atoms with Crippen LogP contribution in [0.3, 0.4) is 0 Å². The van der Waals surface area contributed by atoms with E-state index < -0.39 is 5.82 Å². The Bertz CT molecular complexity index is 600. The first-order chi connectivity index (χ1) is 9.08. The van der Waals surface area contributed by atoms with E-state index in [0.717, 1.165) is 6.29 Å². The first-order valence-corrected chi connectivity index (χ1v) is 5.72. The number of nitrogens with one attached hydrogen (secondary N) is 1. The number of amides is 1. The molecular formula is C15H12FNO2. The Morgan fingerprint density at radius 2 is 1.84 bits per heavy atom. The topological polar surface area (TPSA) is 46.2 Å². The molecule has 0 aromatic heterocycles. The van der Waals surface area contributed by atoms with Crippen LogP contribution in [-0.2, 0) is 0 Å². The zero-order chi connectivity index (χ0) is 13.8. The molecule has 3 nitrogen and oxygen atoms in total. The van der Waals surface area contributed by atoms with Crippen LogP contribution in [0.4, 0.5) is 10.1 Å². The predicted octanol–water partition coefficient (Wildman–Crippen LogP) is 3.20. The molecule has 2 rings (SSSR count). The van der Waals surface area contributed by atoms with Gasteiger partial charge in [0.25, 0.3) is 5.91 Å². The van der Waals surface area contributed by atoms with Gasteiger partial charge in [0.05, 0.1) is 0 Å². The van der Waals surface area contributed by atoms with E-state index in [-0.39, 0.29) is 11.5 Å². The Morgan fingerprint density at radius 1 is 1.16 bits per heavy atom. The van der Waals surface area contributed by atoms with Gasteiger partial charge in [0.2, 0.25) is 0 Å². The van der Waals surface area contributed by atoms with Crippen molar-refractivity contribution < 1.29 is 14.0 Å². The van der Waals surface area contributed by atoms with Crippen molar-refractivity contribution in [3.8, 4) is 0 Å². The molecule has 0 saturated heterocycles. The lowest BCUT2D eigenvalue weighted by Gasteiger charge is -2.06. The van der Waals surface area contributed by atoms with Crippen LogP contribution in [0, 0.1) is 12.7 Å². The van der Waals surface area contributed by atoms with Gasteiger partial charge in [-0.1, -0.05) is 0 Å². The summed E-state index contributed by atoms with van der Waals surface area (Å²) in [4.78, 5) is 22.4. The smallest absolute Gasteiger partial charge is 0.255 e. The van der Waals surface area contributed by atoms with Crippen molar-refractivity contribution in [1.82, 2.24) is 0 Å². The highest BCUT2D eigenvalue weighted by Gasteiger charge is 2.08. The summed E-state index contributed by atoms with van der Waals surface area (Å²) in [6.07, 6.45) is 0.724. The molecular weight excluding hydrogens is 245 g/mol. The molecule has 0 aliphatic rings. The van der Waals surface area contributed by atoms with Crippen molar-refractivity contribution in [1.29, 1.82) is 0 Å². The zero-order valence-corrected chi connectivity index (χ0v) is 10.3. The van der Waals surface area contributed by atoms with Crippen LogP contribution in [-0.4, -0.2) is 12.2 Å². The Balaban J connectivity index is 2.17. The molecule has 0 radical (unpaired) electrons. The molecule has 19 heavy (non-hydrogen) atoms. The minimum Gasteiger partial charge on any atom is -0.322 e. The molecule has 0 bridgehead atoms. The van der Waals surface area contributed by atoms with Gasteiger partial charge in [0.15, 0.2) is 0 Å². The first kappa shape index (κ1) is 13.0. The fourth-order valence-electron chi connectivity index (χ4n) is 1.72. The number of halogens is 1. The number of aldehydes is 1. The van der Waals surface area contributed by atoms with E-state index >= 15 is 0 Å². The van der Waals surface area contributed by atoms with Crippen molar-refractivity contribution >= 4 is 17.9 Å². The maximum Gasteiger partial charge on any atom is 0.255 e. The summed E-state index contributed by atoms with van der Waals surface area (Å²) in [5, 5.41) is 2.64. The molecule has 0 fully saturated rings. The molecule has 96 valence electrons. The third-order valence-electron chi connectivity index (χ3n) is 2.61. The van der Waals surface area contributed by atoms with Crippen LogP contribution in [0.1, 0.15) is 26.3 Å². The number of carbonyl (C=O) groups excluding carboxylic acids is 2. The second kappa shape index (κ2) is 5.44. The molecule has 0 spiro atoms. The zero-order valence-electron chi connectivity index (χ0n) is 10.3. The second-order valence-electron chi connectivity index (χ2n) is 4.21. The van der Waals surface area contributed by atoms with Crippen molar-refractivity contribution in [3.63, 3.8) is 0 Å². The van der Waals surface area contributed by atoms with E-state index in [2.05, 4.69) is 5.32 Å². The Morgan fingerprint density at radius 3 is 2.42 bits per heavy atom. The molecule has 1 N–H and O–H groups in total. The number of carbonyl (C=O) groups is 2. The lowest BCUT2D eigenvalue weighted by atomic mass is 10.1. The molecule has 2 aromatic rings. The van der Waals surface area contributed by atoms with E-state index in [4.69, 9.17) is 0 Å². The molecule has 0 heterocycles. The highest BCUT2D eigenvalue weighted by molar-refractivity contribution is 6.04. The Kier molecular flexibility index (Phi) is 3.71. The maximum atomic E-state index is 13.2. The molecule has 0 atom stereocenters. The quantitative estimate of drug-likeness (QED) is 0.858. The van der Waals surface area contributed by atoms with Crippen molar-refractivity contribution in [2.75, 3.05) is 5.32 Å². The largest absolute Gasteiger partial charge is 0.322 e. The second-order valence-corrected chi connectivity index (χ2v) is 4.21. The maximum absolute atomic E-state index is 13.2. The summed E-state index contributed by atoms with van der Waals surface area (Å²) in [6, 6.07) is 10.6. The van der Waals surface area contributed by atoms with Gasteiger partial charge in [-0.15, -0.1) is 0 Å². The van der Waals surface area contributed by atoms with E-state index in [1.165, 1.54) is 12.1 Å². The number of rotatable bonds is 3. The van der Waals surface area contributed by atoms with Crippen LogP contribution in [0.15, 0.2) is 42.5 Å². The normalized spacial score (nSPS) is 10.0. The average molecular weight is 257 g/mol. The van der Waals surface area contributed by atoms with Gasteiger partial charge in [0.1, 0.15) is 12.1 Å². The molecule has 0 aliphatic heterocycles. The number of hydrogen-bond donors (Lipinski definition) is 1. The summed E-state index contributed by atoms with van der Waals surface area (Å²) in [7, 11) is 0. The number of anilines is 1. The standard InChI is InChI=1S/C15H12FNO2/c1-10-6-12(8-13(16)7-10)15(19)17-14-4-2-11(9-18)3-5-14/h2-9H,1H3,(H,17,19). The van der Waals surface area contributed by atoms with Crippen molar-refractivity contribution in [3.05, 3.63) is 65.0 Å². The molecule has 4 heteroatoms. The lowest BCUT2D eigenvalue weighted by molar-refractivity contribution is 0.102. The monoisotopic (exact) mass is 257 g/mol. The van der Waals surface area contributed by atoms with Crippen LogP contribution in [0.5, 0.6) is 0 Å². The van der Waals surface area contributed by atoms with Gasteiger partial charge < -0.3 is 5.32 Å². The van der Waals surface area contributed by atoms with E-state index in [1.807, 2.05) is 0 Å². The average Bonchev–Trinajstić information content (AvgIpc) is 2.38. The fourth-order valence-corrected chi connectivity index (χ4v) is 1.72. The summed E-state index contributed by atoms with van der Waals surface area (Å²) >= 11 is 0. The van der Waals surface area contributed by atoms with Gasteiger partial charge in [-0.3, -0.25) is 9.59 Å². The number of aryl methyl sites for hydroxylation is 1. The fraction of sp³-hybridized carbons (Fsp3) is 0.0667. The molecule has 1 amide bonds. The molecule has 0 aliphatic carbocycles. The van der Waals surface area contributed by atoms with E-state index in [1.54, 1.807) is 37.3 Å². The predicted molar refractivity (Wildman–Crippen MR) is 70.9 cm³/mol. The van der Waals surface area contributed by atoms with E-state index in [9.17, 15) is 14.0 Å². The highest BCUT2D eigenvalue weighted by atomic mass is 19.1. The van der Waals surface area contributed by atoms with Crippen molar-refractivity contribution in [2.24, 2.45) is 0 Å². The summed E-state index contributed by atoms with van der Waals surface area (Å²) in [6.45, 7) is 1.72. The summed E-state index contributed by atoms with van der Waals surface area (Å²) in [5.41, 5.74) is 2.02. The van der Waals surface area contributed by atoms with Gasteiger partial charge in [0, 0.05) is 16.8 Å². The van der Waals surface area contributed by atoms with Crippen LogP contribution >= 0.6 is 0 Å². The third kappa shape index (κ3) is 3.25. The number of hydrogen-bond acceptors (Lipinski definition) is 2. The van der Waals surface area contributed by atoms with Crippen LogP contribution in [0.2, 0.25) is 0 Å². The van der Waals surface area contributed by atoms with Gasteiger partial charge in [-0.25, -0.2) is 4.39 Å². The SMILES string of the molecule is Cc1cc(F)cc(C(=O)Nc2ccc(C=O)cc2)c1. The Labute approximate surface area is 110 Å². The van der Waals surface area contributed by atoms with Gasteiger partial charge in [-0.2, -0.15) is 0 Å².